The number of ketones is 1. The highest BCUT2D eigenvalue weighted by Gasteiger charge is 2.46. The molecular formula is C24H24F4N4O6S. The third kappa shape index (κ3) is 7.11. The minimum absolute atomic E-state index is 0.0877. The van der Waals surface area contributed by atoms with Crippen molar-refractivity contribution in [2.24, 2.45) is 0 Å². The minimum atomic E-state index is -4.82. The second-order valence-corrected chi connectivity index (χ2v) is 10.2. The summed E-state index contributed by atoms with van der Waals surface area (Å²) in [5, 5.41) is 13.0. The van der Waals surface area contributed by atoms with Crippen molar-refractivity contribution in [3.8, 4) is 5.75 Å². The fourth-order valence-electron chi connectivity index (χ4n) is 4.19. The van der Waals surface area contributed by atoms with Crippen LogP contribution < -0.4 is 14.8 Å². The van der Waals surface area contributed by atoms with Gasteiger partial charge in [-0.25, -0.2) is 4.39 Å². The quantitative estimate of drug-likeness (QED) is 0.250. The lowest BCUT2D eigenvalue weighted by molar-refractivity contribution is -0.274. The predicted molar refractivity (Wildman–Crippen MR) is 130 cm³/mol. The van der Waals surface area contributed by atoms with Gasteiger partial charge in [-0.05, 0) is 29.8 Å². The largest absolute Gasteiger partial charge is 0.573 e. The van der Waals surface area contributed by atoms with E-state index in [4.69, 9.17) is 4.18 Å². The number of aliphatic hydroxyl groups excluding tert-OH is 1. The summed E-state index contributed by atoms with van der Waals surface area (Å²) in [6, 6.07) is 7.32. The number of aromatic nitrogens is 2. The van der Waals surface area contributed by atoms with Crippen LogP contribution >= 0.6 is 0 Å². The van der Waals surface area contributed by atoms with E-state index in [1.54, 1.807) is 16.8 Å². The summed E-state index contributed by atoms with van der Waals surface area (Å²) < 4.78 is 88.0. The molecule has 4 rings (SSSR count). The highest BCUT2D eigenvalue weighted by atomic mass is 32.2. The number of nitrogens with zero attached hydrogens (tertiary/aromatic N) is 2. The molecule has 210 valence electrons. The Balaban J connectivity index is 1.47. The van der Waals surface area contributed by atoms with Crippen LogP contribution in [0.1, 0.15) is 27.9 Å². The van der Waals surface area contributed by atoms with Crippen molar-refractivity contribution < 1.29 is 44.8 Å². The van der Waals surface area contributed by atoms with E-state index in [0.717, 1.165) is 7.05 Å². The summed E-state index contributed by atoms with van der Waals surface area (Å²) in [6.45, 7) is 0.154. The summed E-state index contributed by atoms with van der Waals surface area (Å²) in [7, 11) is -3.06. The first-order valence-corrected chi connectivity index (χ1v) is 13.0. The number of anilines is 1. The Kier molecular flexibility index (Phi) is 8.25. The molecule has 39 heavy (non-hydrogen) atoms. The van der Waals surface area contributed by atoms with E-state index in [1.807, 2.05) is 4.72 Å². The molecule has 0 amide bonds. The van der Waals surface area contributed by atoms with E-state index in [0.29, 0.717) is 5.56 Å². The molecule has 0 saturated heterocycles. The second kappa shape index (κ2) is 11.3. The molecule has 10 nitrogen and oxygen atoms in total. The Morgan fingerprint density at radius 1 is 1.26 bits per heavy atom. The Hall–Kier alpha value is -3.53. The number of hydrogen-bond acceptors (Lipinski definition) is 8. The molecule has 1 fully saturated rings. The number of ether oxygens (including phenoxy) is 1. The summed E-state index contributed by atoms with van der Waals surface area (Å²) in [5.74, 6) is -0.841. The number of carbonyl (C=O) groups excluding carboxylic acids is 1. The van der Waals surface area contributed by atoms with Crippen LogP contribution in [-0.4, -0.2) is 66.7 Å². The fraction of sp³-hybridized carbons (Fsp3) is 0.333. The normalized spacial score (nSPS) is 21.6. The van der Waals surface area contributed by atoms with Gasteiger partial charge in [0.25, 0.3) is 0 Å². The Morgan fingerprint density at radius 3 is 2.74 bits per heavy atom. The van der Waals surface area contributed by atoms with Gasteiger partial charge in [0.05, 0.1) is 11.6 Å². The summed E-state index contributed by atoms with van der Waals surface area (Å²) in [4.78, 5) is 17.2. The minimum Gasteiger partial charge on any atom is -0.406 e. The third-order valence-corrected chi connectivity index (χ3v) is 7.00. The number of carbonyl (C=O) groups is 1. The zero-order valence-corrected chi connectivity index (χ0v) is 21.1. The lowest BCUT2D eigenvalue weighted by Gasteiger charge is -2.18. The van der Waals surface area contributed by atoms with Crippen LogP contribution in [0, 0.1) is 0 Å². The molecule has 1 aliphatic rings. The van der Waals surface area contributed by atoms with Gasteiger partial charge in [-0.1, -0.05) is 12.1 Å². The monoisotopic (exact) mass is 572 g/mol. The first-order chi connectivity index (χ1) is 18.3. The van der Waals surface area contributed by atoms with E-state index < -0.39 is 46.9 Å². The zero-order chi connectivity index (χ0) is 28.4. The molecule has 0 spiro atoms. The maximum absolute atomic E-state index is 14.8. The second-order valence-electron chi connectivity index (χ2n) is 8.73. The third-order valence-electron chi connectivity index (χ3n) is 5.99. The molecule has 1 aromatic carbocycles. The first-order valence-electron chi connectivity index (χ1n) is 11.5. The molecular weight excluding hydrogens is 548 g/mol. The number of pyridine rings is 1. The van der Waals surface area contributed by atoms with Gasteiger partial charge in [0.15, 0.2) is 5.78 Å². The van der Waals surface area contributed by atoms with E-state index in [9.17, 15) is 35.9 Å². The van der Waals surface area contributed by atoms with E-state index >= 15 is 0 Å². The van der Waals surface area contributed by atoms with E-state index in [2.05, 4.69) is 15.0 Å². The van der Waals surface area contributed by atoms with Crippen molar-refractivity contribution >= 4 is 21.8 Å². The van der Waals surface area contributed by atoms with E-state index in [1.165, 1.54) is 48.9 Å². The van der Waals surface area contributed by atoms with Crippen LogP contribution in [-0.2, 0) is 21.0 Å². The topological polar surface area (TPSA) is 132 Å². The van der Waals surface area contributed by atoms with Gasteiger partial charge in [0.2, 0.25) is 0 Å². The van der Waals surface area contributed by atoms with Gasteiger partial charge in [0, 0.05) is 56.1 Å². The standard InChI is InChI=1S/C24H24F4N4O6S/c1-29-39(35,36)38-20-10-19(21(25)23(20)34)31-18-5-7-30-11-17(18)22(33)15-6-8-32(13-15)12-14-3-2-4-16(9-14)37-24(26,27)28/h2-9,11,13,19-21,23,29,34H,10,12H2,1H3,(H,30,31)/t19-,20-,21-,23-/m1/s1. The molecule has 1 aliphatic carbocycles. The van der Waals surface area contributed by atoms with Crippen molar-refractivity contribution in [1.82, 2.24) is 14.3 Å². The highest BCUT2D eigenvalue weighted by Crippen LogP contribution is 2.31. The lowest BCUT2D eigenvalue weighted by Crippen LogP contribution is -2.35. The SMILES string of the molecule is CNS(=O)(=O)O[C@@H]1C[C@@H](Nc2ccncc2C(=O)c2ccn(Cc3cccc(OC(F)(F)F)c3)c2)[C@@H](F)[C@@H]1O. The van der Waals surface area contributed by atoms with Crippen molar-refractivity contribution in [3.05, 3.63) is 77.9 Å². The molecule has 4 atom stereocenters. The molecule has 2 heterocycles. The molecule has 0 bridgehead atoms. The number of halogens is 4. The van der Waals surface area contributed by atoms with Crippen LogP contribution in [0.3, 0.4) is 0 Å². The number of nitrogens with one attached hydrogen (secondary N) is 2. The van der Waals surface area contributed by atoms with Crippen LogP contribution in [0.5, 0.6) is 5.75 Å². The van der Waals surface area contributed by atoms with Gasteiger partial charge in [-0.2, -0.15) is 13.1 Å². The van der Waals surface area contributed by atoms with Gasteiger partial charge in [-0.3, -0.25) is 14.0 Å². The maximum atomic E-state index is 14.8. The van der Waals surface area contributed by atoms with Gasteiger partial charge >= 0.3 is 16.7 Å². The summed E-state index contributed by atoms with van der Waals surface area (Å²) in [6.07, 6.45) is -4.26. The molecule has 3 aromatic rings. The molecule has 0 unspecified atom stereocenters. The number of alkyl halides is 4. The Bertz CT molecular complexity index is 1430. The molecule has 3 N–H and O–H groups in total. The Labute approximate surface area is 220 Å². The highest BCUT2D eigenvalue weighted by molar-refractivity contribution is 7.84. The predicted octanol–water partition coefficient (Wildman–Crippen LogP) is 2.79. The van der Waals surface area contributed by atoms with Crippen molar-refractivity contribution in [2.75, 3.05) is 12.4 Å². The van der Waals surface area contributed by atoms with Crippen LogP contribution in [0.15, 0.2) is 61.2 Å². The lowest BCUT2D eigenvalue weighted by atomic mass is 10.1. The first kappa shape index (κ1) is 28.5. The molecule has 1 saturated carbocycles. The van der Waals surface area contributed by atoms with Crippen molar-refractivity contribution in [3.63, 3.8) is 0 Å². The maximum Gasteiger partial charge on any atom is 0.573 e. The van der Waals surface area contributed by atoms with Gasteiger partial charge in [0.1, 0.15) is 24.1 Å². The number of hydrogen-bond donors (Lipinski definition) is 3. The average Bonchev–Trinajstić information content (AvgIpc) is 3.43. The van der Waals surface area contributed by atoms with Crippen molar-refractivity contribution in [2.45, 2.75) is 43.7 Å². The number of aliphatic hydroxyl groups is 1. The van der Waals surface area contributed by atoms with Gasteiger partial charge < -0.3 is 19.7 Å². The Morgan fingerprint density at radius 2 is 2.03 bits per heavy atom. The molecule has 15 heteroatoms. The van der Waals surface area contributed by atoms with Crippen LogP contribution in [0.2, 0.25) is 0 Å². The number of rotatable bonds is 10. The summed E-state index contributed by atoms with van der Waals surface area (Å²) in [5.41, 5.74) is 1.03. The average molecular weight is 573 g/mol. The smallest absolute Gasteiger partial charge is 0.406 e. The summed E-state index contributed by atoms with van der Waals surface area (Å²) >= 11 is 0. The zero-order valence-electron chi connectivity index (χ0n) is 20.3. The van der Waals surface area contributed by atoms with Gasteiger partial charge in [-0.15, -0.1) is 13.2 Å². The molecule has 0 radical (unpaired) electrons. The fourth-order valence-corrected chi connectivity index (χ4v) is 4.80. The molecule has 2 aromatic heterocycles. The number of benzene rings is 1. The van der Waals surface area contributed by atoms with Crippen LogP contribution in [0.25, 0.3) is 0 Å². The van der Waals surface area contributed by atoms with Crippen molar-refractivity contribution in [1.29, 1.82) is 0 Å². The van der Waals surface area contributed by atoms with E-state index in [-0.39, 0.29) is 35.5 Å². The van der Waals surface area contributed by atoms with Crippen LogP contribution in [0.4, 0.5) is 23.2 Å². The molecule has 0 aliphatic heterocycles.